The van der Waals surface area contributed by atoms with Crippen LogP contribution in [0.2, 0.25) is 0 Å². The van der Waals surface area contributed by atoms with E-state index in [1.54, 1.807) is 23.5 Å². The van der Waals surface area contributed by atoms with Crippen molar-refractivity contribution < 1.29 is 14.2 Å². The van der Waals surface area contributed by atoms with E-state index in [0.717, 1.165) is 17.9 Å². The van der Waals surface area contributed by atoms with Gasteiger partial charge in [0.2, 0.25) is 0 Å². The highest BCUT2D eigenvalue weighted by atomic mass is 32.1. The molecule has 2 aromatic carbocycles. The number of aliphatic hydroxyl groups is 1. The van der Waals surface area contributed by atoms with Gasteiger partial charge in [0.05, 0.1) is 0 Å². The van der Waals surface area contributed by atoms with E-state index in [-0.39, 0.29) is 12.4 Å². The Kier molecular flexibility index (Phi) is 6.98. The summed E-state index contributed by atoms with van der Waals surface area (Å²) in [5.74, 6) is 0.506. The smallest absolute Gasteiger partial charge is 0.123 e. The number of rotatable bonds is 9. The van der Waals surface area contributed by atoms with Crippen molar-refractivity contribution in [1.29, 1.82) is 0 Å². The van der Waals surface area contributed by atoms with Gasteiger partial charge in [-0.1, -0.05) is 30.3 Å². The number of thiophene rings is 1. The predicted molar refractivity (Wildman–Crippen MR) is 108 cm³/mol. The topological polar surface area (TPSA) is 32.7 Å². The maximum absolute atomic E-state index is 13.2. The van der Waals surface area contributed by atoms with Gasteiger partial charge in [-0.15, -0.1) is 11.3 Å². The first-order valence-electron chi connectivity index (χ1n) is 8.96. The Morgan fingerprint density at radius 1 is 1.00 bits per heavy atom. The fraction of sp³-hybridized carbons (Fsp3) is 0.273. The lowest BCUT2D eigenvalue weighted by atomic mass is 10.2. The average molecular weight is 386 g/mol. The second-order valence-corrected chi connectivity index (χ2v) is 7.96. The molecule has 3 aromatic rings. The molecule has 3 nitrogen and oxygen atoms in total. The third-order valence-corrected chi connectivity index (χ3v) is 5.13. The molecular weight excluding hydrogens is 361 g/mol. The second kappa shape index (κ2) is 9.65. The lowest BCUT2D eigenvalue weighted by molar-refractivity contribution is 0.0632. The summed E-state index contributed by atoms with van der Waals surface area (Å²) in [5.41, 5.74) is 1.01. The molecule has 0 aliphatic carbocycles. The SMILES string of the molecule is Cc1ccc(CN(Cc2ccc(F)cc2)C[C@@H](O)COc2ccccc2)s1. The highest BCUT2D eigenvalue weighted by Gasteiger charge is 2.15. The van der Waals surface area contributed by atoms with Crippen LogP contribution in [0, 0.1) is 12.7 Å². The molecule has 142 valence electrons. The summed E-state index contributed by atoms with van der Waals surface area (Å²) in [6, 6.07) is 20.2. The molecule has 0 fully saturated rings. The quantitative estimate of drug-likeness (QED) is 0.583. The molecule has 0 bridgehead atoms. The Balaban J connectivity index is 1.61. The summed E-state index contributed by atoms with van der Waals surface area (Å²) < 4.78 is 18.8. The molecule has 0 saturated heterocycles. The van der Waals surface area contributed by atoms with Crippen LogP contribution in [0.25, 0.3) is 0 Å². The van der Waals surface area contributed by atoms with Gasteiger partial charge in [-0.05, 0) is 48.9 Å². The molecular formula is C22H24FNO2S. The van der Waals surface area contributed by atoms with Crippen molar-refractivity contribution in [1.82, 2.24) is 4.90 Å². The van der Waals surface area contributed by atoms with E-state index in [4.69, 9.17) is 4.74 Å². The zero-order chi connectivity index (χ0) is 19.1. The third-order valence-electron chi connectivity index (χ3n) is 4.15. The number of halogens is 1. The number of hydrogen-bond acceptors (Lipinski definition) is 4. The molecule has 0 aliphatic rings. The molecule has 1 N–H and O–H groups in total. The highest BCUT2D eigenvalue weighted by Crippen LogP contribution is 2.19. The summed E-state index contributed by atoms with van der Waals surface area (Å²) in [5, 5.41) is 10.5. The number of nitrogens with zero attached hydrogens (tertiary/aromatic N) is 1. The fourth-order valence-corrected chi connectivity index (χ4v) is 3.82. The van der Waals surface area contributed by atoms with Crippen LogP contribution in [0.5, 0.6) is 5.75 Å². The van der Waals surface area contributed by atoms with Crippen molar-refractivity contribution in [2.75, 3.05) is 13.2 Å². The van der Waals surface area contributed by atoms with Crippen LogP contribution < -0.4 is 4.74 Å². The van der Waals surface area contributed by atoms with Gasteiger partial charge in [0.25, 0.3) is 0 Å². The van der Waals surface area contributed by atoms with Crippen molar-refractivity contribution >= 4 is 11.3 Å². The molecule has 0 unspecified atom stereocenters. The van der Waals surface area contributed by atoms with Gasteiger partial charge in [0.1, 0.15) is 24.3 Å². The van der Waals surface area contributed by atoms with E-state index in [1.807, 2.05) is 30.3 Å². The minimum absolute atomic E-state index is 0.230. The molecule has 3 rings (SSSR count). The maximum atomic E-state index is 13.2. The first kappa shape index (κ1) is 19.5. The molecule has 1 aromatic heterocycles. The largest absolute Gasteiger partial charge is 0.491 e. The van der Waals surface area contributed by atoms with Crippen molar-refractivity contribution in [3.63, 3.8) is 0 Å². The summed E-state index contributed by atoms with van der Waals surface area (Å²) in [6.07, 6.45) is -0.619. The Morgan fingerprint density at radius 3 is 2.41 bits per heavy atom. The van der Waals surface area contributed by atoms with Gasteiger partial charge in [-0.25, -0.2) is 4.39 Å². The first-order chi connectivity index (χ1) is 13.1. The van der Waals surface area contributed by atoms with Crippen molar-refractivity contribution in [2.45, 2.75) is 26.1 Å². The molecule has 0 spiro atoms. The van der Waals surface area contributed by atoms with E-state index in [9.17, 15) is 9.50 Å². The minimum atomic E-state index is -0.619. The number of ether oxygens (including phenoxy) is 1. The van der Waals surface area contributed by atoms with Crippen molar-refractivity contribution in [2.24, 2.45) is 0 Å². The Bertz CT molecular complexity index is 820. The van der Waals surface area contributed by atoms with Gasteiger partial charge in [0.15, 0.2) is 0 Å². The normalized spacial score (nSPS) is 12.3. The number of para-hydroxylation sites is 1. The summed E-state index contributed by atoms with van der Waals surface area (Å²) in [7, 11) is 0. The molecule has 27 heavy (non-hydrogen) atoms. The van der Waals surface area contributed by atoms with Gasteiger partial charge in [-0.3, -0.25) is 4.90 Å². The second-order valence-electron chi connectivity index (χ2n) is 6.59. The van der Waals surface area contributed by atoms with E-state index in [0.29, 0.717) is 13.1 Å². The molecule has 0 amide bonds. The van der Waals surface area contributed by atoms with Crippen LogP contribution in [0.1, 0.15) is 15.3 Å². The number of aryl methyl sites for hydroxylation is 1. The molecule has 1 atom stereocenters. The Labute approximate surface area is 163 Å². The van der Waals surface area contributed by atoms with Crippen LogP contribution in [0.3, 0.4) is 0 Å². The van der Waals surface area contributed by atoms with Crippen LogP contribution in [-0.4, -0.2) is 29.3 Å². The van der Waals surface area contributed by atoms with E-state index in [1.165, 1.54) is 21.9 Å². The van der Waals surface area contributed by atoms with E-state index in [2.05, 4.69) is 24.0 Å². The minimum Gasteiger partial charge on any atom is -0.491 e. The molecule has 0 radical (unpaired) electrons. The van der Waals surface area contributed by atoms with Crippen LogP contribution in [0.4, 0.5) is 4.39 Å². The Hall–Kier alpha value is -2.21. The van der Waals surface area contributed by atoms with Crippen LogP contribution in [0.15, 0.2) is 66.7 Å². The summed E-state index contributed by atoms with van der Waals surface area (Å²) in [6.45, 7) is 4.16. The first-order valence-corrected chi connectivity index (χ1v) is 9.78. The van der Waals surface area contributed by atoms with Crippen LogP contribution in [-0.2, 0) is 13.1 Å². The van der Waals surface area contributed by atoms with Gasteiger partial charge >= 0.3 is 0 Å². The Morgan fingerprint density at radius 2 is 1.74 bits per heavy atom. The number of hydrogen-bond donors (Lipinski definition) is 1. The predicted octanol–water partition coefficient (Wildman–Crippen LogP) is 4.64. The van der Waals surface area contributed by atoms with Gasteiger partial charge in [-0.2, -0.15) is 0 Å². The standard InChI is InChI=1S/C22H24FNO2S/c1-17-7-12-22(27-17)15-24(13-18-8-10-19(23)11-9-18)14-20(25)16-26-21-5-3-2-4-6-21/h2-12,20,25H,13-16H2,1H3/t20-/m1/s1. The van der Waals surface area contributed by atoms with Crippen molar-refractivity contribution in [3.05, 3.63) is 87.9 Å². The maximum Gasteiger partial charge on any atom is 0.123 e. The lowest BCUT2D eigenvalue weighted by Crippen LogP contribution is -2.34. The number of aliphatic hydroxyl groups excluding tert-OH is 1. The van der Waals surface area contributed by atoms with E-state index < -0.39 is 6.10 Å². The zero-order valence-electron chi connectivity index (χ0n) is 15.3. The van der Waals surface area contributed by atoms with Gasteiger partial charge < -0.3 is 9.84 Å². The number of benzene rings is 2. The average Bonchev–Trinajstić information content (AvgIpc) is 3.07. The zero-order valence-corrected chi connectivity index (χ0v) is 16.2. The fourth-order valence-electron chi connectivity index (χ4n) is 2.88. The molecule has 0 aliphatic heterocycles. The third kappa shape index (κ3) is 6.47. The summed E-state index contributed by atoms with van der Waals surface area (Å²) in [4.78, 5) is 4.67. The van der Waals surface area contributed by atoms with Crippen molar-refractivity contribution in [3.8, 4) is 5.75 Å². The molecule has 0 saturated carbocycles. The van der Waals surface area contributed by atoms with Gasteiger partial charge in [0, 0.05) is 29.4 Å². The summed E-state index contributed by atoms with van der Waals surface area (Å²) >= 11 is 1.75. The molecule has 1 heterocycles. The van der Waals surface area contributed by atoms with Crippen LogP contribution >= 0.6 is 11.3 Å². The molecule has 5 heteroatoms. The lowest BCUT2D eigenvalue weighted by Gasteiger charge is -2.25. The monoisotopic (exact) mass is 385 g/mol. The van der Waals surface area contributed by atoms with E-state index >= 15 is 0 Å². The highest BCUT2D eigenvalue weighted by molar-refractivity contribution is 7.11.